The summed E-state index contributed by atoms with van der Waals surface area (Å²) in [5, 5.41) is 4.36. The monoisotopic (exact) mass is 260 g/mol. The van der Waals surface area contributed by atoms with Crippen LogP contribution in [-0.2, 0) is 16.0 Å². The molecule has 0 saturated carbocycles. The van der Waals surface area contributed by atoms with Crippen LogP contribution in [0.15, 0.2) is 30.3 Å². The Labute approximate surface area is 111 Å². The number of benzene rings is 1. The van der Waals surface area contributed by atoms with Crippen LogP contribution < -0.4 is 10.6 Å². The number of hydrogen-bond donors (Lipinski definition) is 2. The van der Waals surface area contributed by atoms with Crippen LogP contribution in [0.4, 0.5) is 4.79 Å². The van der Waals surface area contributed by atoms with Crippen LogP contribution in [0.3, 0.4) is 0 Å². The molecular weight excluding hydrogens is 244 g/mol. The van der Waals surface area contributed by atoms with Crippen LogP contribution in [0.2, 0.25) is 0 Å². The van der Waals surface area contributed by atoms with Crippen LogP contribution in [0, 0.1) is 5.41 Å². The number of barbiturate groups is 1. The molecule has 2 rings (SSSR count). The first-order valence-electron chi connectivity index (χ1n) is 6.29. The largest absolute Gasteiger partial charge is 0.328 e. The van der Waals surface area contributed by atoms with E-state index in [-0.39, 0.29) is 0 Å². The fourth-order valence-corrected chi connectivity index (χ4v) is 2.31. The van der Waals surface area contributed by atoms with E-state index in [1.807, 2.05) is 30.3 Å². The number of hydrogen-bond acceptors (Lipinski definition) is 3. The zero-order valence-corrected chi connectivity index (χ0v) is 10.7. The van der Waals surface area contributed by atoms with Crippen LogP contribution >= 0.6 is 0 Å². The molecule has 1 saturated heterocycles. The van der Waals surface area contributed by atoms with Gasteiger partial charge in [0.1, 0.15) is 5.41 Å². The summed E-state index contributed by atoms with van der Waals surface area (Å²) in [7, 11) is 0. The number of amides is 4. The molecule has 0 bridgehead atoms. The lowest BCUT2D eigenvalue weighted by Gasteiger charge is -2.33. The van der Waals surface area contributed by atoms with Crippen molar-refractivity contribution in [2.75, 3.05) is 0 Å². The molecule has 1 aromatic carbocycles. The third kappa shape index (κ3) is 2.50. The van der Waals surface area contributed by atoms with Crippen molar-refractivity contribution in [2.45, 2.75) is 26.2 Å². The SMILES string of the molecule is CCC1(CCc2ccccc2)C(=O)NC(=O)NC1=O. The van der Waals surface area contributed by atoms with E-state index in [0.717, 1.165) is 5.56 Å². The number of aryl methyl sites for hydroxylation is 1. The molecule has 0 unspecified atom stereocenters. The van der Waals surface area contributed by atoms with Gasteiger partial charge in [-0.25, -0.2) is 4.79 Å². The molecule has 4 amide bonds. The molecular formula is C14H16N2O3. The number of imide groups is 2. The number of nitrogens with one attached hydrogen (secondary N) is 2. The predicted molar refractivity (Wildman–Crippen MR) is 69.2 cm³/mol. The van der Waals surface area contributed by atoms with E-state index >= 15 is 0 Å². The van der Waals surface area contributed by atoms with Gasteiger partial charge in [-0.2, -0.15) is 0 Å². The molecule has 1 fully saturated rings. The Morgan fingerprint density at radius 2 is 1.58 bits per heavy atom. The third-order valence-corrected chi connectivity index (χ3v) is 3.61. The highest BCUT2D eigenvalue weighted by Gasteiger charge is 2.48. The molecule has 2 N–H and O–H groups in total. The highest BCUT2D eigenvalue weighted by molar-refractivity contribution is 6.19. The summed E-state index contributed by atoms with van der Waals surface area (Å²) in [6.07, 6.45) is 1.37. The topological polar surface area (TPSA) is 75.3 Å². The van der Waals surface area contributed by atoms with E-state index in [1.54, 1.807) is 6.92 Å². The van der Waals surface area contributed by atoms with Crippen LogP contribution in [0.5, 0.6) is 0 Å². The minimum atomic E-state index is -1.15. The highest BCUT2D eigenvalue weighted by Crippen LogP contribution is 2.30. The summed E-state index contributed by atoms with van der Waals surface area (Å²) in [5.74, 6) is -1.00. The van der Waals surface area contributed by atoms with Gasteiger partial charge < -0.3 is 0 Å². The maximum absolute atomic E-state index is 12.0. The Kier molecular flexibility index (Phi) is 3.64. The average Bonchev–Trinajstić information content (AvgIpc) is 2.39. The molecule has 1 aromatic rings. The van der Waals surface area contributed by atoms with Gasteiger partial charge in [0.05, 0.1) is 0 Å². The van der Waals surface area contributed by atoms with Crippen molar-refractivity contribution in [3.05, 3.63) is 35.9 Å². The minimum absolute atomic E-state index is 0.366. The van der Waals surface area contributed by atoms with E-state index < -0.39 is 23.3 Å². The Morgan fingerprint density at radius 1 is 1.00 bits per heavy atom. The molecule has 19 heavy (non-hydrogen) atoms. The summed E-state index contributed by atoms with van der Waals surface area (Å²) in [5.41, 5.74) is -0.0863. The molecule has 5 nitrogen and oxygen atoms in total. The first kappa shape index (κ1) is 13.3. The van der Waals surface area contributed by atoms with E-state index in [4.69, 9.17) is 0 Å². The van der Waals surface area contributed by atoms with E-state index in [9.17, 15) is 14.4 Å². The Hall–Kier alpha value is -2.17. The standard InChI is InChI=1S/C14H16N2O3/c1-2-14(9-8-10-6-4-3-5-7-10)11(17)15-13(19)16-12(14)18/h3-7H,2,8-9H2,1H3,(H2,15,16,17,18,19). The second-order valence-corrected chi connectivity index (χ2v) is 4.66. The zero-order chi connectivity index (χ0) is 13.9. The van der Waals surface area contributed by atoms with E-state index in [2.05, 4.69) is 10.6 Å². The predicted octanol–water partition coefficient (Wildman–Crippen LogP) is 1.38. The lowest BCUT2D eigenvalue weighted by molar-refractivity contribution is -0.145. The molecule has 0 atom stereocenters. The van der Waals surface area contributed by atoms with Gasteiger partial charge in [0.25, 0.3) is 0 Å². The Morgan fingerprint density at radius 3 is 2.11 bits per heavy atom. The summed E-state index contributed by atoms with van der Waals surface area (Å²) >= 11 is 0. The van der Waals surface area contributed by atoms with Gasteiger partial charge >= 0.3 is 6.03 Å². The maximum Gasteiger partial charge on any atom is 0.328 e. The van der Waals surface area contributed by atoms with Gasteiger partial charge in [-0.1, -0.05) is 37.3 Å². The zero-order valence-electron chi connectivity index (χ0n) is 10.7. The Balaban J connectivity index is 2.16. The molecule has 100 valence electrons. The Bertz CT molecular complexity index is 491. The normalized spacial score (nSPS) is 17.8. The van der Waals surface area contributed by atoms with Crippen LogP contribution in [0.25, 0.3) is 0 Å². The van der Waals surface area contributed by atoms with Gasteiger partial charge in [0.2, 0.25) is 11.8 Å². The van der Waals surface area contributed by atoms with Crippen molar-refractivity contribution < 1.29 is 14.4 Å². The lowest BCUT2D eigenvalue weighted by atomic mass is 9.77. The van der Waals surface area contributed by atoms with Crippen LogP contribution in [-0.4, -0.2) is 17.8 Å². The van der Waals surface area contributed by atoms with E-state index in [1.165, 1.54) is 0 Å². The van der Waals surface area contributed by atoms with Crippen molar-refractivity contribution in [2.24, 2.45) is 5.41 Å². The van der Waals surface area contributed by atoms with Gasteiger partial charge in [0, 0.05) is 0 Å². The summed E-state index contributed by atoms with van der Waals surface area (Å²) in [6.45, 7) is 1.78. The van der Waals surface area contributed by atoms with Gasteiger partial charge in [-0.15, -0.1) is 0 Å². The first-order chi connectivity index (χ1) is 9.08. The molecule has 1 heterocycles. The molecule has 1 aliphatic heterocycles. The first-order valence-corrected chi connectivity index (χ1v) is 6.29. The fourth-order valence-electron chi connectivity index (χ4n) is 2.31. The van der Waals surface area contributed by atoms with Crippen molar-refractivity contribution >= 4 is 17.8 Å². The van der Waals surface area contributed by atoms with Crippen molar-refractivity contribution in [3.8, 4) is 0 Å². The van der Waals surface area contributed by atoms with Crippen molar-refractivity contribution in [3.63, 3.8) is 0 Å². The van der Waals surface area contributed by atoms with E-state index in [0.29, 0.717) is 19.3 Å². The van der Waals surface area contributed by atoms with Crippen molar-refractivity contribution in [1.29, 1.82) is 0 Å². The van der Waals surface area contributed by atoms with Gasteiger partial charge in [0.15, 0.2) is 0 Å². The summed E-state index contributed by atoms with van der Waals surface area (Å²) in [4.78, 5) is 35.1. The molecule has 0 radical (unpaired) electrons. The molecule has 0 spiro atoms. The maximum atomic E-state index is 12.0. The second-order valence-electron chi connectivity index (χ2n) is 4.66. The average molecular weight is 260 g/mol. The molecule has 0 aliphatic carbocycles. The molecule has 5 heteroatoms. The number of urea groups is 1. The van der Waals surface area contributed by atoms with Gasteiger partial charge in [-0.3, -0.25) is 20.2 Å². The van der Waals surface area contributed by atoms with Gasteiger partial charge in [-0.05, 0) is 24.8 Å². The fraction of sp³-hybridized carbons (Fsp3) is 0.357. The smallest absolute Gasteiger partial charge is 0.277 e. The summed E-state index contributed by atoms with van der Waals surface area (Å²) in [6, 6.07) is 8.91. The lowest BCUT2D eigenvalue weighted by Crippen LogP contribution is -2.62. The number of carbonyl (C=O) groups excluding carboxylic acids is 3. The third-order valence-electron chi connectivity index (χ3n) is 3.61. The summed E-state index contributed by atoms with van der Waals surface area (Å²) < 4.78 is 0. The number of carbonyl (C=O) groups is 3. The molecule has 1 aliphatic rings. The van der Waals surface area contributed by atoms with Crippen molar-refractivity contribution in [1.82, 2.24) is 10.6 Å². The quantitative estimate of drug-likeness (QED) is 0.803. The minimum Gasteiger partial charge on any atom is -0.277 e. The number of rotatable bonds is 4. The van der Waals surface area contributed by atoms with Crippen LogP contribution in [0.1, 0.15) is 25.3 Å². The second kappa shape index (κ2) is 5.22. The molecule has 0 aromatic heterocycles. The highest BCUT2D eigenvalue weighted by atomic mass is 16.2.